The molecule has 0 amide bonds. The number of hydrogen-bond acceptors (Lipinski definition) is 5. The Morgan fingerprint density at radius 2 is 1.68 bits per heavy atom. The summed E-state index contributed by atoms with van der Waals surface area (Å²) in [5.74, 6) is -1.36. The molecule has 0 radical (unpaired) electrons. The second-order valence-electron chi connectivity index (χ2n) is 5.14. The van der Waals surface area contributed by atoms with E-state index in [1.165, 1.54) is 0 Å². The van der Waals surface area contributed by atoms with Crippen molar-refractivity contribution >= 4 is 30.2 Å². The average molecular weight is 371 g/mol. The van der Waals surface area contributed by atoms with Crippen molar-refractivity contribution in [2.45, 2.75) is 25.6 Å². The Morgan fingerprint density at radius 1 is 1.14 bits per heavy atom. The molecular formula is C16H20O5Se. The van der Waals surface area contributed by atoms with Gasteiger partial charge in [0, 0.05) is 0 Å². The Balaban J connectivity index is 2.10. The summed E-state index contributed by atoms with van der Waals surface area (Å²) < 4.78 is 23.3. The summed E-state index contributed by atoms with van der Waals surface area (Å²) >= 11 is -2.28. The molecule has 120 valence electrons. The van der Waals surface area contributed by atoms with Crippen molar-refractivity contribution in [3.05, 3.63) is 30.3 Å². The molecule has 0 aromatic heterocycles. The monoisotopic (exact) mass is 372 g/mol. The van der Waals surface area contributed by atoms with Crippen molar-refractivity contribution in [2.75, 3.05) is 13.2 Å². The molecule has 1 aliphatic rings. The van der Waals surface area contributed by atoms with Gasteiger partial charge in [0.1, 0.15) is 0 Å². The Kier molecular flexibility index (Phi) is 5.48. The Labute approximate surface area is 134 Å². The SMILES string of the molecule is CCOC(=O)C1(C(=O)OCC)CC1C[Se](=O)c1ccccc1. The van der Waals surface area contributed by atoms with E-state index in [-0.39, 0.29) is 19.1 Å². The van der Waals surface area contributed by atoms with Crippen molar-refractivity contribution in [1.29, 1.82) is 0 Å². The normalized spacial score (nSPS) is 20.0. The summed E-state index contributed by atoms with van der Waals surface area (Å²) in [5, 5.41) is 0.349. The molecular weight excluding hydrogens is 351 g/mol. The molecule has 0 heterocycles. The summed E-state index contributed by atoms with van der Waals surface area (Å²) in [7, 11) is 0. The molecule has 1 fully saturated rings. The zero-order valence-electron chi connectivity index (χ0n) is 12.7. The zero-order chi connectivity index (χ0) is 16.2. The zero-order valence-corrected chi connectivity index (χ0v) is 14.5. The van der Waals surface area contributed by atoms with E-state index in [1.807, 2.05) is 30.3 Å². The van der Waals surface area contributed by atoms with E-state index in [2.05, 4.69) is 0 Å². The van der Waals surface area contributed by atoms with Crippen LogP contribution in [-0.4, -0.2) is 39.0 Å². The van der Waals surface area contributed by atoms with Crippen LogP contribution in [0.15, 0.2) is 30.3 Å². The summed E-state index contributed by atoms with van der Waals surface area (Å²) in [5.41, 5.74) is -1.24. The molecule has 0 bridgehead atoms. The van der Waals surface area contributed by atoms with Crippen LogP contribution >= 0.6 is 0 Å². The van der Waals surface area contributed by atoms with E-state index in [0.717, 1.165) is 4.46 Å². The van der Waals surface area contributed by atoms with Gasteiger partial charge >= 0.3 is 134 Å². The van der Waals surface area contributed by atoms with Crippen molar-refractivity contribution in [3.63, 3.8) is 0 Å². The number of rotatable bonds is 7. The molecule has 2 rings (SSSR count). The van der Waals surface area contributed by atoms with E-state index in [9.17, 15) is 13.4 Å². The van der Waals surface area contributed by atoms with Crippen molar-refractivity contribution < 1.29 is 22.9 Å². The minimum atomic E-state index is -2.28. The topological polar surface area (TPSA) is 69.7 Å². The second kappa shape index (κ2) is 7.16. The van der Waals surface area contributed by atoms with Crippen LogP contribution in [0.2, 0.25) is 5.32 Å². The Bertz CT molecular complexity index is 551. The minimum absolute atomic E-state index is 0.211. The molecule has 6 heteroatoms. The van der Waals surface area contributed by atoms with Crippen LogP contribution < -0.4 is 4.46 Å². The fourth-order valence-electron chi connectivity index (χ4n) is 2.49. The van der Waals surface area contributed by atoms with Crippen molar-refractivity contribution in [1.82, 2.24) is 0 Å². The van der Waals surface area contributed by atoms with Crippen molar-refractivity contribution in [2.24, 2.45) is 11.3 Å². The number of carbonyl (C=O) groups excluding carboxylic acids is 2. The number of hydrogen-bond donors (Lipinski definition) is 0. The van der Waals surface area contributed by atoms with Gasteiger partial charge in [0.05, 0.1) is 0 Å². The van der Waals surface area contributed by atoms with Crippen molar-refractivity contribution in [3.8, 4) is 0 Å². The van der Waals surface area contributed by atoms with Gasteiger partial charge < -0.3 is 0 Å². The number of benzene rings is 1. The molecule has 2 atom stereocenters. The van der Waals surface area contributed by atoms with Gasteiger partial charge in [0.25, 0.3) is 0 Å². The Hall–Kier alpha value is -1.52. The standard InChI is InChI=1S/C16H20O5Se/c1-3-20-14(17)16(15(18)21-4-2)10-12(16)11-22(19)13-8-6-5-7-9-13/h5-9,12H,3-4,10-11H2,1-2H3. The van der Waals surface area contributed by atoms with Crippen LogP contribution in [0, 0.1) is 11.3 Å². The third-order valence-electron chi connectivity index (χ3n) is 3.74. The molecule has 1 aliphatic carbocycles. The van der Waals surface area contributed by atoms with Gasteiger partial charge in [-0.25, -0.2) is 0 Å². The van der Waals surface area contributed by atoms with E-state index in [4.69, 9.17) is 9.47 Å². The molecule has 22 heavy (non-hydrogen) atoms. The number of ether oxygens (including phenoxy) is 2. The molecule has 1 saturated carbocycles. The molecule has 1 aromatic rings. The summed E-state index contributed by atoms with van der Waals surface area (Å²) in [6.07, 6.45) is 0.361. The van der Waals surface area contributed by atoms with E-state index in [0.29, 0.717) is 11.7 Å². The maximum absolute atomic E-state index is 12.4. The molecule has 1 aromatic carbocycles. The third kappa shape index (κ3) is 3.28. The first-order valence-corrected chi connectivity index (χ1v) is 10.1. The van der Waals surface area contributed by atoms with Crippen LogP contribution in [0.4, 0.5) is 0 Å². The quantitative estimate of drug-likeness (QED) is 0.412. The predicted molar refractivity (Wildman–Crippen MR) is 81.1 cm³/mol. The van der Waals surface area contributed by atoms with E-state index in [1.54, 1.807) is 13.8 Å². The van der Waals surface area contributed by atoms with Gasteiger partial charge in [-0.15, -0.1) is 0 Å². The van der Waals surface area contributed by atoms with E-state index < -0.39 is 31.2 Å². The first-order valence-electron chi connectivity index (χ1n) is 7.34. The molecule has 5 nitrogen and oxygen atoms in total. The first kappa shape index (κ1) is 16.8. The molecule has 2 unspecified atom stereocenters. The number of esters is 2. The van der Waals surface area contributed by atoms with Gasteiger partial charge in [-0.3, -0.25) is 0 Å². The van der Waals surface area contributed by atoms with Crippen LogP contribution in [0.1, 0.15) is 20.3 Å². The third-order valence-corrected chi connectivity index (χ3v) is 6.90. The molecule has 0 saturated heterocycles. The average Bonchev–Trinajstić information content (AvgIpc) is 3.24. The van der Waals surface area contributed by atoms with Gasteiger partial charge in [-0.2, -0.15) is 0 Å². The van der Waals surface area contributed by atoms with Gasteiger partial charge in [-0.1, -0.05) is 0 Å². The van der Waals surface area contributed by atoms with Crippen LogP contribution in [-0.2, 0) is 22.9 Å². The number of carbonyl (C=O) groups is 2. The maximum atomic E-state index is 12.4. The first-order chi connectivity index (χ1) is 10.6. The summed E-state index contributed by atoms with van der Waals surface area (Å²) in [4.78, 5) is 24.3. The van der Waals surface area contributed by atoms with Gasteiger partial charge in [-0.05, 0) is 0 Å². The van der Waals surface area contributed by atoms with Crippen LogP contribution in [0.25, 0.3) is 0 Å². The van der Waals surface area contributed by atoms with Gasteiger partial charge in [0.15, 0.2) is 0 Å². The molecule has 0 spiro atoms. The second-order valence-corrected chi connectivity index (χ2v) is 8.28. The fourth-order valence-corrected chi connectivity index (χ4v) is 5.47. The van der Waals surface area contributed by atoms with Crippen LogP contribution in [0.5, 0.6) is 0 Å². The van der Waals surface area contributed by atoms with Gasteiger partial charge in [0.2, 0.25) is 0 Å². The fraction of sp³-hybridized carbons (Fsp3) is 0.500. The Morgan fingerprint density at radius 3 is 2.18 bits per heavy atom. The summed E-state index contributed by atoms with van der Waals surface area (Å²) in [6, 6.07) is 9.16. The van der Waals surface area contributed by atoms with Crippen LogP contribution in [0.3, 0.4) is 0 Å². The summed E-state index contributed by atoms with van der Waals surface area (Å²) in [6.45, 7) is 3.82. The predicted octanol–water partition coefficient (Wildman–Crippen LogP) is 1.45. The molecule has 0 aliphatic heterocycles. The molecule has 0 N–H and O–H groups in total. The van der Waals surface area contributed by atoms with E-state index >= 15 is 0 Å².